The Bertz CT molecular complexity index is 877. The summed E-state index contributed by atoms with van der Waals surface area (Å²) in [6.45, 7) is 5.54. The molecule has 1 N–H and O–H groups in total. The molecule has 0 spiro atoms. The second kappa shape index (κ2) is 7.58. The normalized spacial score (nSPS) is 20.3. The monoisotopic (exact) mass is 373 g/mol. The number of hydrogen-bond donors (Lipinski definition) is 1. The van der Waals surface area contributed by atoms with Crippen LogP contribution in [-0.4, -0.2) is 34.4 Å². The van der Waals surface area contributed by atoms with Crippen molar-refractivity contribution >= 4 is 17.1 Å². The highest BCUT2D eigenvalue weighted by Crippen LogP contribution is 2.30. The number of carbonyl (C=O) groups is 1. The SMILES string of the molecule is COc1cnc2ccc(=O)n(C3CCC(NC(=O)OC(C)(C)C)CC3)c2c1. The molecular formula is C20H27N3O4. The Balaban J connectivity index is 1.74. The van der Waals surface area contributed by atoms with Crippen molar-refractivity contribution < 1.29 is 14.3 Å². The number of pyridine rings is 2. The fourth-order valence-electron chi connectivity index (χ4n) is 3.56. The Morgan fingerprint density at radius 1 is 1.22 bits per heavy atom. The van der Waals surface area contributed by atoms with E-state index in [0.717, 1.165) is 36.7 Å². The van der Waals surface area contributed by atoms with Gasteiger partial charge in [-0.25, -0.2) is 4.79 Å². The van der Waals surface area contributed by atoms with Crippen molar-refractivity contribution in [1.29, 1.82) is 0 Å². The zero-order valence-electron chi connectivity index (χ0n) is 16.3. The van der Waals surface area contributed by atoms with E-state index in [1.165, 1.54) is 0 Å². The number of alkyl carbamates (subject to hydrolysis) is 1. The smallest absolute Gasteiger partial charge is 0.407 e. The highest BCUT2D eigenvalue weighted by atomic mass is 16.6. The first kappa shape index (κ1) is 19.2. The molecule has 0 aromatic carbocycles. The number of hydrogen-bond acceptors (Lipinski definition) is 5. The van der Waals surface area contributed by atoms with Crippen molar-refractivity contribution in [2.24, 2.45) is 0 Å². The summed E-state index contributed by atoms with van der Waals surface area (Å²) in [7, 11) is 1.59. The van der Waals surface area contributed by atoms with Crippen molar-refractivity contribution in [3.05, 3.63) is 34.7 Å². The summed E-state index contributed by atoms with van der Waals surface area (Å²) in [6, 6.07) is 5.30. The van der Waals surface area contributed by atoms with Crippen LogP contribution >= 0.6 is 0 Å². The predicted octanol–water partition coefficient (Wildman–Crippen LogP) is 3.41. The average molecular weight is 373 g/mol. The van der Waals surface area contributed by atoms with Gasteiger partial charge in [-0.15, -0.1) is 0 Å². The number of nitrogens with one attached hydrogen (secondary N) is 1. The Morgan fingerprint density at radius 3 is 2.56 bits per heavy atom. The minimum atomic E-state index is -0.510. The van der Waals surface area contributed by atoms with Crippen molar-refractivity contribution in [1.82, 2.24) is 14.9 Å². The van der Waals surface area contributed by atoms with Gasteiger partial charge in [0.2, 0.25) is 0 Å². The predicted molar refractivity (Wildman–Crippen MR) is 103 cm³/mol. The molecule has 7 heteroatoms. The number of fused-ring (bicyclic) bond motifs is 1. The number of ether oxygens (including phenoxy) is 2. The molecule has 1 amide bonds. The Morgan fingerprint density at radius 2 is 1.93 bits per heavy atom. The Hall–Kier alpha value is -2.57. The summed E-state index contributed by atoms with van der Waals surface area (Å²) in [4.78, 5) is 28.9. The summed E-state index contributed by atoms with van der Waals surface area (Å²) in [5.74, 6) is 0.627. The standard InChI is InChI=1S/C20H27N3O4/c1-20(2,3)27-19(25)22-13-5-7-14(8-6-13)23-17-11-15(26-4)12-21-16(17)9-10-18(23)24/h9-14H,5-8H2,1-4H3,(H,22,25). The number of rotatable bonds is 3. The van der Waals surface area contributed by atoms with E-state index in [-0.39, 0.29) is 23.7 Å². The zero-order valence-corrected chi connectivity index (χ0v) is 16.3. The number of methoxy groups -OCH3 is 1. The van der Waals surface area contributed by atoms with Crippen LogP contribution in [0, 0.1) is 0 Å². The third-order valence-corrected chi connectivity index (χ3v) is 4.77. The number of carbonyl (C=O) groups excluding carboxylic acids is 1. The largest absolute Gasteiger partial charge is 0.495 e. The number of amides is 1. The minimum absolute atomic E-state index is 0.0406. The van der Waals surface area contributed by atoms with E-state index in [2.05, 4.69) is 10.3 Å². The lowest BCUT2D eigenvalue weighted by atomic mass is 9.90. The molecule has 0 aliphatic heterocycles. The molecule has 0 bridgehead atoms. The molecule has 146 valence electrons. The maximum atomic E-state index is 12.6. The molecule has 2 heterocycles. The van der Waals surface area contributed by atoms with E-state index in [0.29, 0.717) is 5.75 Å². The molecule has 0 saturated heterocycles. The van der Waals surface area contributed by atoms with Gasteiger partial charge in [-0.3, -0.25) is 9.78 Å². The summed E-state index contributed by atoms with van der Waals surface area (Å²) in [5, 5.41) is 2.94. The van der Waals surface area contributed by atoms with Gasteiger partial charge in [0.1, 0.15) is 11.4 Å². The first-order chi connectivity index (χ1) is 12.8. The minimum Gasteiger partial charge on any atom is -0.495 e. The second-order valence-corrected chi connectivity index (χ2v) is 7.97. The van der Waals surface area contributed by atoms with Crippen LogP contribution in [0.2, 0.25) is 0 Å². The van der Waals surface area contributed by atoms with Crippen LogP contribution in [0.1, 0.15) is 52.5 Å². The van der Waals surface area contributed by atoms with Crippen LogP contribution in [0.3, 0.4) is 0 Å². The van der Waals surface area contributed by atoms with Crippen LogP contribution in [0.25, 0.3) is 11.0 Å². The van der Waals surface area contributed by atoms with Gasteiger partial charge < -0.3 is 19.4 Å². The van der Waals surface area contributed by atoms with Crippen molar-refractivity contribution in [3.63, 3.8) is 0 Å². The topological polar surface area (TPSA) is 82.5 Å². The van der Waals surface area contributed by atoms with Gasteiger partial charge in [-0.1, -0.05) is 0 Å². The van der Waals surface area contributed by atoms with Crippen molar-refractivity contribution in [2.45, 2.75) is 64.1 Å². The van der Waals surface area contributed by atoms with Gasteiger partial charge in [0.15, 0.2) is 0 Å². The summed E-state index contributed by atoms with van der Waals surface area (Å²) in [6.07, 6.45) is 4.46. The van der Waals surface area contributed by atoms with Gasteiger partial charge in [0, 0.05) is 24.2 Å². The van der Waals surface area contributed by atoms with Crippen LogP contribution in [0.5, 0.6) is 5.75 Å². The second-order valence-electron chi connectivity index (χ2n) is 7.97. The molecule has 27 heavy (non-hydrogen) atoms. The Kier molecular flexibility index (Phi) is 5.39. The van der Waals surface area contributed by atoms with E-state index in [1.807, 2.05) is 31.4 Å². The molecule has 0 radical (unpaired) electrons. The van der Waals surface area contributed by atoms with E-state index >= 15 is 0 Å². The molecule has 1 aliphatic carbocycles. The molecule has 3 rings (SSSR count). The fourth-order valence-corrected chi connectivity index (χ4v) is 3.56. The van der Waals surface area contributed by atoms with E-state index in [4.69, 9.17) is 9.47 Å². The first-order valence-electron chi connectivity index (χ1n) is 9.31. The van der Waals surface area contributed by atoms with Crippen LogP contribution in [-0.2, 0) is 4.74 Å². The lowest BCUT2D eigenvalue weighted by Crippen LogP contribution is -2.41. The third-order valence-electron chi connectivity index (χ3n) is 4.77. The van der Waals surface area contributed by atoms with Gasteiger partial charge >= 0.3 is 6.09 Å². The fraction of sp³-hybridized carbons (Fsp3) is 0.550. The van der Waals surface area contributed by atoms with Crippen LogP contribution in [0.15, 0.2) is 29.2 Å². The molecule has 7 nitrogen and oxygen atoms in total. The molecule has 0 unspecified atom stereocenters. The maximum absolute atomic E-state index is 12.6. The molecule has 2 aromatic heterocycles. The summed E-state index contributed by atoms with van der Waals surface area (Å²) < 4.78 is 12.4. The maximum Gasteiger partial charge on any atom is 0.407 e. The first-order valence-corrected chi connectivity index (χ1v) is 9.31. The summed E-state index contributed by atoms with van der Waals surface area (Å²) in [5.41, 5.74) is 1.000. The van der Waals surface area contributed by atoms with Gasteiger partial charge in [-0.2, -0.15) is 0 Å². The zero-order chi connectivity index (χ0) is 19.6. The average Bonchev–Trinajstić information content (AvgIpc) is 2.60. The third kappa shape index (κ3) is 4.59. The highest BCUT2D eigenvalue weighted by Gasteiger charge is 2.26. The van der Waals surface area contributed by atoms with Crippen LogP contribution < -0.4 is 15.6 Å². The van der Waals surface area contributed by atoms with E-state index in [1.54, 1.807) is 25.4 Å². The number of nitrogens with zero attached hydrogens (tertiary/aromatic N) is 2. The van der Waals surface area contributed by atoms with Gasteiger partial charge in [-0.05, 0) is 52.5 Å². The van der Waals surface area contributed by atoms with Gasteiger partial charge in [0.25, 0.3) is 5.56 Å². The van der Waals surface area contributed by atoms with Crippen molar-refractivity contribution in [2.75, 3.05) is 7.11 Å². The molecule has 1 fully saturated rings. The molecule has 0 atom stereocenters. The van der Waals surface area contributed by atoms with E-state index < -0.39 is 5.60 Å². The van der Waals surface area contributed by atoms with Crippen molar-refractivity contribution in [3.8, 4) is 5.75 Å². The lowest BCUT2D eigenvalue weighted by Gasteiger charge is -2.31. The molecule has 2 aromatic rings. The molecule has 1 aliphatic rings. The quantitative estimate of drug-likeness (QED) is 0.891. The summed E-state index contributed by atoms with van der Waals surface area (Å²) >= 11 is 0. The number of aromatic nitrogens is 2. The molecule has 1 saturated carbocycles. The highest BCUT2D eigenvalue weighted by molar-refractivity contribution is 5.76. The lowest BCUT2D eigenvalue weighted by molar-refractivity contribution is 0.0488. The van der Waals surface area contributed by atoms with E-state index in [9.17, 15) is 9.59 Å². The van der Waals surface area contributed by atoms with Crippen LogP contribution in [0.4, 0.5) is 4.79 Å². The Labute approximate surface area is 158 Å². The van der Waals surface area contributed by atoms with Gasteiger partial charge in [0.05, 0.1) is 24.3 Å². The molecular weight excluding hydrogens is 346 g/mol.